The molecule has 0 aliphatic carbocycles. The molecule has 4 rings (SSSR count). The van der Waals surface area contributed by atoms with Crippen molar-refractivity contribution in [1.29, 1.82) is 0 Å². The van der Waals surface area contributed by atoms with Crippen LogP contribution in [0.4, 0.5) is 0 Å². The molecule has 1 amide bonds. The monoisotopic (exact) mass is 394 g/mol. The summed E-state index contributed by atoms with van der Waals surface area (Å²) in [6, 6.07) is 14.4. The standard InChI is InChI=1S/C22H26N4OS/c1-25(14-17-7-3-2-4-8-17)22(27)20-13-23-24-21(20)18-9-5-11-26(15-18)16-19-10-6-12-28-19/h2-4,6-8,10,12-13,18H,5,9,11,14-16H2,1H3,(H,23,24). The van der Waals surface area contributed by atoms with E-state index in [1.807, 2.05) is 37.4 Å². The molecule has 28 heavy (non-hydrogen) atoms. The SMILES string of the molecule is CN(Cc1ccccc1)C(=O)c1cn[nH]c1C1CCCN(Cc2cccs2)C1. The number of carbonyl (C=O) groups is 1. The minimum Gasteiger partial charge on any atom is -0.337 e. The van der Waals surface area contributed by atoms with Crippen LogP contribution in [0.15, 0.2) is 54.0 Å². The van der Waals surface area contributed by atoms with Gasteiger partial charge in [-0.15, -0.1) is 11.3 Å². The van der Waals surface area contributed by atoms with Gasteiger partial charge in [-0.1, -0.05) is 36.4 Å². The summed E-state index contributed by atoms with van der Waals surface area (Å²) < 4.78 is 0. The molecule has 1 saturated heterocycles. The maximum atomic E-state index is 13.1. The van der Waals surface area contributed by atoms with Gasteiger partial charge in [0, 0.05) is 37.5 Å². The number of aromatic amines is 1. The number of amides is 1. The fourth-order valence-corrected chi connectivity index (χ4v) is 4.72. The fraction of sp³-hybridized carbons (Fsp3) is 0.364. The summed E-state index contributed by atoms with van der Waals surface area (Å²) in [5.74, 6) is 0.350. The second-order valence-corrected chi connectivity index (χ2v) is 8.53. The summed E-state index contributed by atoms with van der Waals surface area (Å²) in [5, 5.41) is 9.48. The lowest BCUT2D eigenvalue weighted by Gasteiger charge is -2.32. The maximum absolute atomic E-state index is 13.1. The summed E-state index contributed by atoms with van der Waals surface area (Å²) >= 11 is 1.81. The number of thiophene rings is 1. The van der Waals surface area contributed by atoms with Crippen molar-refractivity contribution in [1.82, 2.24) is 20.0 Å². The molecular formula is C22H26N4OS. The number of carbonyl (C=O) groups excluding carboxylic acids is 1. The average molecular weight is 395 g/mol. The first-order chi connectivity index (χ1) is 13.7. The van der Waals surface area contributed by atoms with Crippen LogP contribution in [0.1, 0.15) is 45.3 Å². The summed E-state index contributed by atoms with van der Waals surface area (Å²) in [6.07, 6.45) is 3.92. The molecule has 146 valence electrons. The average Bonchev–Trinajstić information content (AvgIpc) is 3.40. The van der Waals surface area contributed by atoms with Gasteiger partial charge in [0.05, 0.1) is 17.5 Å². The predicted molar refractivity (Wildman–Crippen MR) is 112 cm³/mol. The highest BCUT2D eigenvalue weighted by atomic mass is 32.1. The van der Waals surface area contributed by atoms with E-state index in [1.54, 1.807) is 22.4 Å². The lowest BCUT2D eigenvalue weighted by Crippen LogP contribution is -2.35. The van der Waals surface area contributed by atoms with E-state index in [9.17, 15) is 4.79 Å². The van der Waals surface area contributed by atoms with Gasteiger partial charge in [-0.3, -0.25) is 14.8 Å². The summed E-state index contributed by atoms with van der Waals surface area (Å²) in [5.41, 5.74) is 2.82. The van der Waals surface area contributed by atoms with Crippen molar-refractivity contribution in [3.63, 3.8) is 0 Å². The fourth-order valence-electron chi connectivity index (χ4n) is 3.97. The van der Waals surface area contributed by atoms with Crippen molar-refractivity contribution < 1.29 is 4.79 Å². The molecule has 0 saturated carbocycles. The van der Waals surface area contributed by atoms with Crippen molar-refractivity contribution in [3.8, 4) is 0 Å². The first kappa shape index (κ1) is 18.9. The van der Waals surface area contributed by atoms with Gasteiger partial charge in [-0.25, -0.2) is 0 Å². The Bertz CT molecular complexity index is 890. The minimum atomic E-state index is 0.0305. The Kier molecular flexibility index (Phi) is 5.88. The van der Waals surface area contributed by atoms with E-state index < -0.39 is 0 Å². The highest BCUT2D eigenvalue weighted by molar-refractivity contribution is 7.09. The molecule has 1 aromatic carbocycles. The van der Waals surface area contributed by atoms with Gasteiger partial charge in [-0.05, 0) is 36.4 Å². The van der Waals surface area contributed by atoms with E-state index in [2.05, 4.69) is 32.6 Å². The molecule has 1 unspecified atom stereocenters. The molecule has 2 aromatic heterocycles. The molecule has 1 aliphatic heterocycles. The molecule has 3 aromatic rings. The third-order valence-corrected chi connectivity index (χ3v) is 6.24. The molecule has 3 heterocycles. The number of aromatic nitrogens is 2. The summed E-state index contributed by atoms with van der Waals surface area (Å²) in [6.45, 7) is 3.65. The van der Waals surface area contributed by atoms with Crippen molar-refractivity contribution >= 4 is 17.2 Å². The zero-order chi connectivity index (χ0) is 19.3. The van der Waals surface area contributed by atoms with E-state index in [1.165, 1.54) is 4.88 Å². The van der Waals surface area contributed by atoms with Crippen LogP contribution < -0.4 is 0 Å². The van der Waals surface area contributed by atoms with Crippen molar-refractivity contribution in [2.45, 2.75) is 31.8 Å². The number of H-pyrrole nitrogens is 1. The van der Waals surface area contributed by atoms with Crippen molar-refractivity contribution in [2.24, 2.45) is 0 Å². The lowest BCUT2D eigenvalue weighted by atomic mass is 9.92. The predicted octanol–water partition coefficient (Wildman–Crippen LogP) is 4.12. The Balaban J connectivity index is 1.44. The summed E-state index contributed by atoms with van der Waals surface area (Å²) in [7, 11) is 1.86. The van der Waals surface area contributed by atoms with Crippen LogP contribution in [0.2, 0.25) is 0 Å². The Hall–Kier alpha value is -2.44. The van der Waals surface area contributed by atoms with Gasteiger partial charge >= 0.3 is 0 Å². The van der Waals surface area contributed by atoms with Gasteiger partial charge in [-0.2, -0.15) is 5.10 Å². The van der Waals surface area contributed by atoms with Crippen LogP contribution in [0, 0.1) is 0 Å². The number of hydrogen-bond donors (Lipinski definition) is 1. The number of hydrogen-bond acceptors (Lipinski definition) is 4. The second-order valence-electron chi connectivity index (χ2n) is 7.50. The largest absolute Gasteiger partial charge is 0.337 e. The highest BCUT2D eigenvalue weighted by Crippen LogP contribution is 2.29. The smallest absolute Gasteiger partial charge is 0.257 e. The normalized spacial score (nSPS) is 17.5. The van der Waals surface area contributed by atoms with Crippen LogP contribution >= 0.6 is 11.3 Å². The molecule has 1 N–H and O–H groups in total. The van der Waals surface area contributed by atoms with Gasteiger partial charge in [0.2, 0.25) is 0 Å². The Labute approximate surface area is 170 Å². The van der Waals surface area contributed by atoms with Crippen LogP contribution in [0.3, 0.4) is 0 Å². The molecule has 6 heteroatoms. The molecule has 0 radical (unpaired) electrons. The van der Waals surface area contributed by atoms with E-state index in [0.717, 1.165) is 43.7 Å². The van der Waals surface area contributed by atoms with Gasteiger partial charge in [0.15, 0.2) is 0 Å². The van der Waals surface area contributed by atoms with Gasteiger partial charge < -0.3 is 4.90 Å². The van der Waals surface area contributed by atoms with Crippen LogP contribution in [0.25, 0.3) is 0 Å². The van der Waals surface area contributed by atoms with Crippen LogP contribution in [-0.2, 0) is 13.1 Å². The molecule has 1 aliphatic rings. The number of piperidine rings is 1. The third-order valence-electron chi connectivity index (χ3n) is 5.38. The molecular weight excluding hydrogens is 368 g/mol. The van der Waals surface area contributed by atoms with E-state index >= 15 is 0 Å². The Morgan fingerprint density at radius 1 is 1.29 bits per heavy atom. The molecule has 0 spiro atoms. The number of benzene rings is 1. The lowest BCUT2D eigenvalue weighted by molar-refractivity contribution is 0.0782. The second kappa shape index (κ2) is 8.71. The maximum Gasteiger partial charge on any atom is 0.257 e. The van der Waals surface area contributed by atoms with Gasteiger partial charge in [0.25, 0.3) is 5.91 Å². The molecule has 5 nitrogen and oxygen atoms in total. The number of nitrogens with one attached hydrogen (secondary N) is 1. The quantitative estimate of drug-likeness (QED) is 0.684. The van der Waals surface area contributed by atoms with Crippen LogP contribution in [0.5, 0.6) is 0 Å². The molecule has 1 fully saturated rings. The zero-order valence-electron chi connectivity index (χ0n) is 16.2. The number of rotatable bonds is 6. The van der Waals surface area contributed by atoms with E-state index in [-0.39, 0.29) is 5.91 Å². The van der Waals surface area contributed by atoms with Gasteiger partial charge in [0.1, 0.15) is 0 Å². The Morgan fingerprint density at radius 2 is 2.14 bits per heavy atom. The van der Waals surface area contributed by atoms with E-state index in [4.69, 9.17) is 0 Å². The molecule has 0 bridgehead atoms. The minimum absolute atomic E-state index is 0.0305. The number of likely N-dealkylation sites (tertiary alicyclic amines) is 1. The topological polar surface area (TPSA) is 52.2 Å². The van der Waals surface area contributed by atoms with Crippen molar-refractivity contribution in [3.05, 3.63) is 75.7 Å². The first-order valence-electron chi connectivity index (χ1n) is 9.78. The first-order valence-corrected chi connectivity index (χ1v) is 10.7. The van der Waals surface area contributed by atoms with E-state index in [0.29, 0.717) is 18.0 Å². The third kappa shape index (κ3) is 4.34. The van der Waals surface area contributed by atoms with Crippen LogP contribution in [-0.4, -0.2) is 46.0 Å². The summed E-state index contributed by atoms with van der Waals surface area (Å²) in [4.78, 5) is 18.7. The Morgan fingerprint density at radius 3 is 2.93 bits per heavy atom. The zero-order valence-corrected chi connectivity index (χ0v) is 17.0. The highest BCUT2D eigenvalue weighted by Gasteiger charge is 2.28. The van der Waals surface area contributed by atoms with Crippen molar-refractivity contribution in [2.75, 3.05) is 20.1 Å². The molecule has 1 atom stereocenters. The number of nitrogens with zero attached hydrogens (tertiary/aromatic N) is 3.